The second-order valence-electron chi connectivity index (χ2n) is 3.94. The Labute approximate surface area is 97.2 Å². The summed E-state index contributed by atoms with van der Waals surface area (Å²) in [6.45, 7) is 2.62. The van der Waals surface area contributed by atoms with Crippen molar-refractivity contribution < 1.29 is 9.84 Å². The molecule has 3 N–H and O–H groups in total. The van der Waals surface area contributed by atoms with Gasteiger partial charge in [0.25, 0.3) is 0 Å². The van der Waals surface area contributed by atoms with E-state index in [1.165, 1.54) is 5.56 Å². The molecule has 0 bridgehead atoms. The summed E-state index contributed by atoms with van der Waals surface area (Å²) in [4.78, 5) is 0. The molecule has 1 unspecified atom stereocenters. The Kier molecular flexibility index (Phi) is 5.29. The lowest BCUT2D eigenvalue weighted by Crippen LogP contribution is -2.16. The first kappa shape index (κ1) is 13.0. The highest BCUT2D eigenvalue weighted by molar-refractivity contribution is 5.37. The van der Waals surface area contributed by atoms with Gasteiger partial charge >= 0.3 is 0 Å². The molecule has 90 valence electrons. The average Bonchev–Trinajstić information content (AvgIpc) is 2.29. The number of benzene rings is 1. The van der Waals surface area contributed by atoms with Crippen LogP contribution in [0.4, 0.5) is 0 Å². The zero-order chi connectivity index (χ0) is 12.0. The van der Waals surface area contributed by atoms with Gasteiger partial charge in [-0.25, -0.2) is 0 Å². The van der Waals surface area contributed by atoms with E-state index in [0.717, 1.165) is 17.7 Å². The molecular weight excluding hydrogens is 202 g/mol. The van der Waals surface area contributed by atoms with E-state index in [2.05, 4.69) is 19.1 Å². The molecule has 3 heteroatoms. The molecule has 0 aliphatic carbocycles. The van der Waals surface area contributed by atoms with Crippen LogP contribution < -0.4 is 10.5 Å². The van der Waals surface area contributed by atoms with Crippen molar-refractivity contribution in [3.63, 3.8) is 0 Å². The van der Waals surface area contributed by atoms with E-state index in [9.17, 15) is 5.11 Å². The Morgan fingerprint density at radius 3 is 2.75 bits per heavy atom. The molecule has 0 saturated carbocycles. The van der Waals surface area contributed by atoms with Gasteiger partial charge in [0.2, 0.25) is 0 Å². The number of aliphatic hydroxyl groups excluding tert-OH is 1. The number of methoxy groups -OCH3 is 1. The van der Waals surface area contributed by atoms with Crippen LogP contribution in [0.3, 0.4) is 0 Å². The summed E-state index contributed by atoms with van der Waals surface area (Å²) in [5, 5.41) is 9.75. The summed E-state index contributed by atoms with van der Waals surface area (Å²) >= 11 is 0. The van der Waals surface area contributed by atoms with Gasteiger partial charge in [0.15, 0.2) is 0 Å². The normalized spacial score (nSPS) is 12.5. The molecule has 0 aromatic heterocycles. The van der Waals surface area contributed by atoms with Gasteiger partial charge in [-0.15, -0.1) is 0 Å². The molecule has 0 heterocycles. The Bertz CT molecular complexity index is 326. The lowest BCUT2D eigenvalue weighted by atomic mass is 10.0. The van der Waals surface area contributed by atoms with Crippen LogP contribution in [0, 0.1) is 0 Å². The highest BCUT2D eigenvalue weighted by Gasteiger charge is 2.09. The maximum Gasteiger partial charge on any atom is 0.122 e. The average molecular weight is 223 g/mol. The van der Waals surface area contributed by atoms with Crippen LogP contribution in [0.2, 0.25) is 0 Å². The molecule has 3 nitrogen and oxygen atoms in total. The van der Waals surface area contributed by atoms with Crippen molar-refractivity contribution in [3.8, 4) is 5.75 Å². The standard InChI is InChI=1S/C13H21NO2/c1-3-10-4-5-13(16-2)11(8-10)9-12(15)6-7-14/h4-5,8,12,15H,3,6-7,9,14H2,1-2H3. The summed E-state index contributed by atoms with van der Waals surface area (Å²) in [6.07, 6.45) is 1.84. The number of hydrogen-bond acceptors (Lipinski definition) is 3. The fourth-order valence-electron chi connectivity index (χ4n) is 1.76. The molecular formula is C13H21NO2. The van der Waals surface area contributed by atoms with Gasteiger partial charge in [0.1, 0.15) is 5.75 Å². The third-order valence-corrected chi connectivity index (χ3v) is 2.71. The molecule has 0 spiro atoms. The van der Waals surface area contributed by atoms with Crippen LogP contribution in [-0.2, 0) is 12.8 Å². The first-order chi connectivity index (χ1) is 7.71. The van der Waals surface area contributed by atoms with Crippen molar-refractivity contribution in [3.05, 3.63) is 29.3 Å². The Morgan fingerprint density at radius 2 is 2.19 bits per heavy atom. The lowest BCUT2D eigenvalue weighted by molar-refractivity contribution is 0.166. The van der Waals surface area contributed by atoms with Crippen LogP contribution in [0.5, 0.6) is 5.75 Å². The maximum atomic E-state index is 9.75. The summed E-state index contributed by atoms with van der Waals surface area (Å²) < 4.78 is 5.28. The number of aryl methyl sites for hydroxylation is 1. The predicted octanol–water partition coefficient (Wildman–Crippen LogP) is 1.51. The minimum Gasteiger partial charge on any atom is -0.496 e. The van der Waals surface area contributed by atoms with Gasteiger partial charge in [0, 0.05) is 6.42 Å². The van der Waals surface area contributed by atoms with E-state index in [1.807, 2.05) is 6.07 Å². The van der Waals surface area contributed by atoms with Crippen molar-refractivity contribution in [1.82, 2.24) is 0 Å². The van der Waals surface area contributed by atoms with Crippen LogP contribution in [0.15, 0.2) is 18.2 Å². The van der Waals surface area contributed by atoms with E-state index in [1.54, 1.807) is 7.11 Å². The molecule has 1 atom stereocenters. The third kappa shape index (κ3) is 3.51. The zero-order valence-corrected chi connectivity index (χ0v) is 10.1. The third-order valence-electron chi connectivity index (χ3n) is 2.71. The molecule has 0 amide bonds. The second kappa shape index (κ2) is 6.51. The SMILES string of the molecule is CCc1ccc(OC)c(CC(O)CCN)c1. The monoisotopic (exact) mass is 223 g/mol. The van der Waals surface area contributed by atoms with Crippen molar-refractivity contribution in [2.24, 2.45) is 5.73 Å². The Hall–Kier alpha value is -1.06. The van der Waals surface area contributed by atoms with Crippen molar-refractivity contribution >= 4 is 0 Å². The summed E-state index contributed by atoms with van der Waals surface area (Å²) in [5.74, 6) is 0.841. The summed E-state index contributed by atoms with van der Waals surface area (Å²) in [7, 11) is 1.65. The van der Waals surface area contributed by atoms with Gasteiger partial charge in [-0.3, -0.25) is 0 Å². The van der Waals surface area contributed by atoms with E-state index in [0.29, 0.717) is 19.4 Å². The smallest absolute Gasteiger partial charge is 0.122 e. The first-order valence-corrected chi connectivity index (χ1v) is 5.75. The largest absolute Gasteiger partial charge is 0.496 e. The summed E-state index contributed by atoms with van der Waals surface area (Å²) in [6, 6.07) is 6.11. The molecule has 0 saturated heterocycles. The van der Waals surface area contributed by atoms with Crippen LogP contribution in [-0.4, -0.2) is 24.9 Å². The molecule has 16 heavy (non-hydrogen) atoms. The first-order valence-electron chi connectivity index (χ1n) is 5.75. The van der Waals surface area contributed by atoms with E-state index < -0.39 is 0 Å². The quantitative estimate of drug-likeness (QED) is 0.768. The Balaban J connectivity index is 2.82. The van der Waals surface area contributed by atoms with E-state index in [-0.39, 0.29) is 6.10 Å². The van der Waals surface area contributed by atoms with Crippen LogP contribution in [0.1, 0.15) is 24.5 Å². The molecule has 0 aliphatic heterocycles. The van der Waals surface area contributed by atoms with Crippen LogP contribution in [0.25, 0.3) is 0 Å². The fourth-order valence-corrected chi connectivity index (χ4v) is 1.76. The number of rotatable bonds is 6. The van der Waals surface area contributed by atoms with Gasteiger partial charge in [-0.2, -0.15) is 0 Å². The molecule has 0 radical (unpaired) electrons. The highest BCUT2D eigenvalue weighted by atomic mass is 16.5. The maximum absolute atomic E-state index is 9.75. The second-order valence-corrected chi connectivity index (χ2v) is 3.94. The van der Waals surface area contributed by atoms with E-state index >= 15 is 0 Å². The topological polar surface area (TPSA) is 55.5 Å². The minimum atomic E-state index is -0.383. The van der Waals surface area contributed by atoms with Gasteiger partial charge in [0.05, 0.1) is 13.2 Å². The van der Waals surface area contributed by atoms with Crippen LogP contribution >= 0.6 is 0 Å². The zero-order valence-electron chi connectivity index (χ0n) is 10.1. The van der Waals surface area contributed by atoms with Crippen molar-refractivity contribution in [2.45, 2.75) is 32.3 Å². The number of nitrogens with two attached hydrogens (primary N) is 1. The van der Waals surface area contributed by atoms with Gasteiger partial charge < -0.3 is 15.6 Å². The molecule has 0 fully saturated rings. The number of ether oxygens (including phenoxy) is 1. The molecule has 1 aromatic carbocycles. The molecule has 1 aromatic rings. The highest BCUT2D eigenvalue weighted by Crippen LogP contribution is 2.22. The minimum absolute atomic E-state index is 0.383. The van der Waals surface area contributed by atoms with Gasteiger partial charge in [-0.05, 0) is 36.6 Å². The fraction of sp³-hybridized carbons (Fsp3) is 0.538. The Morgan fingerprint density at radius 1 is 1.44 bits per heavy atom. The van der Waals surface area contributed by atoms with Crippen molar-refractivity contribution in [1.29, 1.82) is 0 Å². The lowest BCUT2D eigenvalue weighted by Gasteiger charge is -2.13. The summed E-state index contributed by atoms with van der Waals surface area (Å²) in [5.41, 5.74) is 7.74. The van der Waals surface area contributed by atoms with Gasteiger partial charge in [-0.1, -0.05) is 19.1 Å². The predicted molar refractivity (Wildman–Crippen MR) is 65.8 cm³/mol. The van der Waals surface area contributed by atoms with E-state index in [4.69, 9.17) is 10.5 Å². The molecule has 0 aliphatic rings. The van der Waals surface area contributed by atoms with Crippen molar-refractivity contribution in [2.75, 3.05) is 13.7 Å². The molecule has 1 rings (SSSR count). The number of aliphatic hydroxyl groups is 1. The number of hydrogen-bond donors (Lipinski definition) is 2.